The third-order valence-corrected chi connectivity index (χ3v) is 3.06. The number of hydrogen-bond donors (Lipinski definition) is 2. The van der Waals surface area contributed by atoms with Crippen LogP contribution in [0.5, 0.6) is 0 Å². The summed E-state index contributed by atoms with van der Waals surface area (Å²) in [5.74, 6) is 1.79. The van der Waals surface area contributed by atoms with Gasteiger partial charge in [0.1, 0.15) is 5.82 Å². The first-order valence-corrected chi connectivity index (χ1v) is 4.98. The molecule has 0 amide bonds. The largest absolute Gasteiger partial charge is 0.383 e. The van der Waals surface area contributed by atoms with Crippen LogP contribution in [0.15, 0.2) is 18.3 Å². The number of hydrogen-bond acceptors (Lipinski definition) is 4. The highest BCUT2D eigenvalue weighted by Crippen LogP contribution is 2.31. The highest BCUT2D eigenvalue weighted by atomic mass is 32.2. The first-order valence-electron chi connectivity index (χ1n) is 3.93. The molecule has 1 fully saturated rings. The molecule has 4 heteroatoms. The van der Waals surface area contributed by atoms with Crippen molar-refractivity contribution in [2.75, 3.05) is 18.0 Å². The topological polar surface area (TPSA) is 50.9 Å². The molecule has 3 nitrogen and oxygen atoms in total. The lowest BCUT2D eigenvalue weighted by Crippen LogP contribution is -2.13. The van der Waals surface area contributed by atoms with Gasteiger partial charge in [0.05, 0.1) is 5.37 Å². The Morgan fingerprint density at radius 3 is 3.25 bits per heavy atom. The fourth-order valence-corrected chi connectivity index (χ4v) is 2.36. The van der Waals surface area contributed by atoms with Crippen molar-refractivity contribution < 1.29 is 0 Å². The Morgan fingerprint density at radius 1 is 1.67 bits per heavy atom. The van der Waals surface area contributed by atoms with Gasteiger partial charge >= 0.3 is 0 Å². The second kappa shape index (κ2) is 3.33. The molecule has 2 heterocycles. The summed E-state index contributed by atoms with van der Waals surface area (Å²) >= 11 is 1.88. The SMILES string of the molecule is Nc1ncccc1C1NCCS1. The van der Waals surface area contributed by atoms with E-state index in [1.165, 1.54) is 0 Å². The van der Waals surface area contributed by atoms with E-state index in [2.05, 4.69) is 10.3 Å². The van der Waals surface area contributed by atoms with Crippen LogP contribution in [0.4, 0.5) is 5.82 Å². The second-order valence-electron chi connectivity index (χ2n) is 2.68. The van der Waals surface area contributed by atoms with Crippen LogP contribution in [0.2, 0.25) is 0 Å². The van der Waals surface area contributed by atoms with E-state index in [4.69, 9.17) is 5.73 Å². The van der Waals surface area contributed by atoms with Crippen LogP contribution in [0.25, 0.3) is 0 Å². The number of nitrogens with two attached hydrogens (primary N) is 1. The molecule has 0 saturated carbocycles. The summed E-state index contributed by atoms with van der Waals surface area (Å²) in [6.07, 6.45) is 1.72. The van der Waals surface area contributed by atoms with Crippen LogP contribution < -0.4 is 11.1 Å². The number of rotatable bonds is 1. The standard InChI is InChI=1S/C8H11N3S/c9-7-6(2-1-3-10-7)8-11-4-5-12-8/h1-3,8,11H,4-5H2,(H2,9,10). The average Bonchev–Trinajstić information content (AvgIpc) is 2.57. The van der Waals surface area contributed by atoms with E-state index < -0.39 is 0 Å². The Morgan fingerprint density at radius 2 is 2.58 bits per heavy atom. The van der Waals surface area contributed by atoms with E-state index in [0.717, 1.165) is 17.9 Å². The summed E-state index contributed by atoms with van der Waals surface area (Å²) in [7, 11) is 0. The molecule has 0 aliphatic carbocycles. The molecule has 1 aliphatic rings. The quantitative estimate of drug-likeness (QED) is 0.678. The molecule has 0 radical (unpaired) electrons. The van der Waals surface area contributed by atoms with Crippen molar-refractivity contribution in [2.24, 2.45) is 0 Å². The Balaban J connectivity index is 2.26. The highest BCUT2D eigenvalue weighted by molar-refractivity contribution is 7.99. The van der Waals surface area contributed by atoms with Crippen molar-refractivity contribution in [3.63, 3.8) is 0 Å². The Labute approximate surface area is 75.8 Å². The molecule has 2 rings (SSSR count). The van der Waals surface area contributed by atoms with Gasteiger partial charge in [-0.3, -0.25) is 0 Å². The zero-order valence-corrected chi connectivity index (χ0v) is 7.47. The van der Waals surface area contributed by atoms with Crippen molar-refractivity contribution in [1.82, 2.24) is 10.3 Å². The van der Waals surface area contributed by atoms with Crippen LogP contribution >= 0.6 is 11.8 Å². The van der Waals surface area contributed by atoms with Crippen molar-refractivity contribution in [3.05, 3.63) is 23.9 Å². The van der Waals surface area contributed by atoms with Gasteiger partial charge in [-0.1, -0.05) is 6.07 Å². The summed E-state index contributed by atoms with van der Waals surface area (Å²) < 4.78 is 0. The predicted octanol–water partition coefficient (Wildman–Crippen LogP) is 0.999. The summed E-state index contributed by atoms with van der Waals surface area (Å²) in [4.78, 5) is 4.05. The molecular weight excluding hydrogens is 170 g/mol. The lowest BCUT2D eigenvalue weighted by atomic mass is 10.2. The van der Waals surface area contributed by atoms with E-state index in [0.29, 0.717) is 11.2 Å². The van der Waals surface area contributed by atoms with E-state index in [9.17, 15) is 0 Å². The van der Waals surface area contributed by atoms with E-state index in [1.54, 1.807) is 6.20 Å². The third kappa shape index (κ3) is 1.40. The number of nitrogen functional groups attached to an aromatic ring is 1. The maximum atomic E-state index is 5.74. The van der Waals surface area contributed by atoms with Crippen molar-refractivity contribution in [2.45, 2.75) is 5.37 Å². The Kier molecular flexibility index (Phi) is 2.19. The lowest BCUT2D eigenvalue weighted by Gasteiger charge is -2.10. The first-order chi connectivity index (χ1) is 5.88. The minimum Gasteiger partial charge on any atom is -0.383 e. The molecule has 0 spiro atoms. The number of thioether (sulfide) groups is 1. The minimum absolute atomic E-state index is 0.346. The van der Waals surface area contributed by atoms with Crippen molar-refractivity contribution in [1.29, 1.82) is 0 Å². The summed E-state index contributed by atoms with van der Waals surface area (Å²) in [5.41, 5.74) is 6.85. The maximum absolute atomic E-state index is 5.74. The number of pyridine rings is 1. The fraction of sp³-hybridized carbons (Fsp3) is 0.375. The second-order valence-corrected chi connectivity index (χ2v) is 3.90. The van der Waals surface area contributed by atoms with E-state index >= 15 is 0 Å². The van der Waals surface area contributed by atoms with Crippen molar-refractivity contribution in [3.8, 4) is 0 Å². The zero-order chi connectivity index (χ0) is 8.39. The third-order valence-electron chi connectivity index (χ3n) is 1.87. The average molecular weight is 181 g/mol. The van der Waals surface area contributed by atoms with Gasteiger partial charge in [-0.15, -0.1) is 11.8 Å². The first kappa shape index (κ1) is 7.89. The summed E-state index contributed by atoms with van der Waals surface area (Å²) in [5, 5.41) is 3.70. The smallest absolute Gasteiger partial charge is 0.128 e. The Hall–Kier alpha value is -0.740. The van der Waals surface area contributed by atoms with Gasteiger partial charge in [0.2, 0.25) is 0 Å². The summed E-state index contributed by atoms with van der Waals surface area (Å²) in [6.45, 7) is 1.06. The molecule has 1 saturated heterocycles. The molecule has 1 unspecified atom stereocenters. The van der Waals surface area contributed by atoms with Gasteiger partial charge in [-0.25, -0.2) is 4.98 Å². The van der Waals surface area contributed by atoms with Gasteiger partial charge in [0.25, 0.3) is 0 Å². The molecule has 1 aromatic heterocycles. The van der Waals surface area contributed by atoms with Crippen molar-refractivity contribution >= 4 is 17.6 Å². The van der Waals surface area contributed by atoms with Crippen LogP contribution in [0.1, 0.15) is 10.9 Å². The molecule has 1 aliphatic heterocycles. The molecule has 64 valence electrons. The monoisotopic (exact) mass is 181 g/mol. The van der Waals surface area contributed by atoms with Gasteiger partial charge in [0.15, 0.2) is 0 Å². The lowest BCUT2D eigenvalue weighted by molar-refractivity contribution is 0.750. The maximum Gasteiger partial charge on any atom is 0.128 e. The van der Waals surface area contributed by atoms with Crippen LogP contribution in [0.3, 0.4) is 0 Å². The fourth-order valence-electron chi connectivity index (χ4n) is 1.28. The summed E-state index contributed by atoms with van der Waals surface area (Å²) in [6, 6.07) is 3.95. The molecule has 0 bridgehead atoms. The zero-order valence-electron chi connectivity index (χ0n) is 6.66. The molecule has 1 atom stereocenters. The number of anilines is 1. The van der Waals surface area contributed by atoms with Crippen LogP contribution in [0, 0.1) is 0 Å². The Bertz CT molecular complexity index is 271. The molecule has 1 aromatic rings. The molecule has 3 N–H and O–H groups in total. The number of nitrogens with one attached hydrogen (secondary N) is 1. The molecular formula is C8H11N3S. The predicted molar refractivity (Wildman–Crippen MR) is 51.9 cm³/mol. The van der Waals surface area contributed by atoms with Crippen LogP contribution in [-0.2, 0) is 0 Å². The number of nitrogens with zero attached hydrogens (tertiary/aromatic N) is 1. The highest BCUT2D eigenvalue weighted by Gasteiger charge is 2.18. The van der Waals surface area contributed by atoms with Gasteiger partial charge in [0, 0.05) is 24.1 Å². The van der Waals surface area contributed by atoms with E-state index in [1.807, 2.05) is 23.9 Å². The van der Waals surface area contributed by atoms with Gasteiger partial charge in [-0.05, 0) is 6.07 Å². The van der Waals surface area contributed by atoms with Crippen LogP contribution in [-0.4, -0.2) is 17.3 Å². The number of aromatic nitrogens is 1. The van der Waals surface area contributed by atoms with Gasteiger partial charge < -0.3 is 11.1 Å². The van der Waals surface area contributed by atoms with Gasteiger partial charge in [-0.2, -0.15) is 0 Å². The molecule has 12 heavy (non-hydrogen) atoms. The molecule has 0 aromatic carbocycles. The van der Waals surface area contributed by atoms with E-state index in [-0.39, 0.29) is 0 Å². The normalized spacial score (nSPS) is 22.8. The minimum atomic E-state index is 0.346.